The lowest BCUT2D eigenvalue weighted by atomic mass is 10.1. The maximum absolute atomic E-state index is 12.0. The van der Waals surface area contributed by atoms with Crippen molar-refractivity contribution in [1.82, 2.24) is 10.3 Å². The standard InChI is InChI=1S/C16H17N3O2/c1-11-14(13-5-3-4-6-15(13)19-11)9-12(10-17)16(20)18-7-8-21-2/h3-6,9,19H,7-8H2,1-2H3,(H,18,20). The van der Waals surface area contributed by atoms with Gasteiger partial charge in [-0.15, -0.1) is 0 Å². The number of aromatic nitrogens is 1. The molecule has 0 fully saturated rings. The van der Waals surface area contributed by atoms with Crippen molar-refractivity contribution < 1.29 is 9.53 Å². The summed E-state index contributed by atoms with van der Waals surface area (Å²) in [6.07, 6.45) is 1.62. The number of rotatable bonds is 5. The van der Waals surface area contributed by atoms with Crippen LogP contribution in [0.2, 0.25) is 0 Å². The van der Waals surface area contributed by atoms with Gasteiger partial charge in [0.1, 0.15) is 11.6 Å². The molecule has 1 aromatic heterocycles. The minimum absolute atomic E-state index is 0.0824. The van der Waals surface area contributed by atoms with Crippen molar-refractivity contribution in [2.75, 3.05) is 20.3 Å². The summed E-state index contributed by atoms with van der Waals surface area (Å²) in [6, 6.07) is 9.74. The van der Waals surface area contributed by atoms with Gasteiger partial charge in [0, 0.05) is 35.8 Å². The van der Waals surface area contributed by atoms with Crippen LogP contribution in [0.1, 0.15) is 11.3 Å². The number of para-hydroxylation sites is 1. The Hall–Kier alpha value is -2.58. The molecule has 0 radical (unpaired) electrons. The maximum Gasteiger partial charge on any atom is 0.262 e. The van der Waals surface area contributed by atoms with Crippen LogP contribution in [0.25, 0.3) is 17.0 Å². The Balaban J connectivity index is 2.32. The van der Waals surface area contributed by atoms with E-state index >= 15 is 0 Å². The van der Waals surface area contributed by atoms with Gasteiger partial charge in [-0.3, -0.25) is 4.79 Å². The fourth-order valence-electron chi connectivity index (χ4n) is 2.14. The first-order valence-electron chi connectivity index (χ1n) is 6.63. The third-order valence-electron chi connectivity index (χ3n) is 3.19. The zero-order chi connectivity index (χ0) is 15.2. The SMILES string of the molecule is COCCNC(=O)C(C#N)=Cc1c(C)[nH]c2ccccc12. The Labute approximate surface area is 123 Å². The van der Waals surface area contributed by atoms with E-state index in [-0.39, 0.29) is 11.5 Å². The van der Waals surface area contributed by atoms with Gasteiger partial charge in [-0.1, -0.05) is 18.2 Å². The molecule has 0 spiro atoms. The van der Waals surface area contributed by atoms with Crippen molar-refractivity contribution in [3.63, 3.8) is 0 Å². The molecule has 0 saturated heterocycles. The van der Waals surface area contributed by atoms with Gasteiger partial charge in [-0.2, -0.15) is 5.26 Å². The van der Waals surface area contributed by atoms with Crippen LogP contribution in [0.15, 0.2) is 29.8 Å². The first-order chi connectivity index (χ1) is 10.2. The fraction of sp³-hybridized carbons (Fsp3) is 0.250. The molecule has 0 aliphatic carbocycles. The van der Waals surface area contributed by atoms with Crippen LogP contribution in [0, 0.1) is 18.3 Å². The lowest BCUT2D eigenvalue weighted by Gasteiger charge is -2.03. The third-order valence-corrected chi connectivity index (χ3v) is 3.19. The molecule has 2 rings (SSSR count). The highest BCUT2D eigenvalue weighted by Crippen LogP contribution is 2.24. The summed E-state index contributed by atoms with van der Waals surface area (Å²) in [7, 11) is 1.56. The molecule has 2 N–H and O–H groups in total. The lowest BCUT2D eigenvalue weighted by Crippen LogP contribution is -2.27. The molecular formula is C16H17N3O2. The highest BCUT2D eigenvalue weighted by atomic mass is 16.5. The van der Waals surface area contributed by atoms with Gasteiger partial charge in [-0.25, -0.2) is 0 Å². The van der Waals surface area contributed by atoms with E-state index in [0.717, 1.165) is 22.2 Å². The van der Waals surface area contributed by atoms with E-state index in [2.05, 4.69) is 10.3 Å². The number of fused-ring (bicyclic) bond motifs is 1. The summed E-state index contributed by atoms with van der Waals surface area (Å²) < 4.78 is 4.87. The summed E-state index contributed by atoms with van der Waals surface area (Å²) in [5, 5.41) is 12.8. The van der Waals surface area contributed by atoms with Crippen LogP contribution in [-0.4, -0.2) is 31.2 Å². The van der Waals surface area contributed by atoms with Gasteiger partial charge < -0.3 is 15.0 Å². The number of benzene rings is 1. The molecule has 1 heterocycles. The number of nitrogens with one attached hydrogen (secondary N) is 2. The van der Waals surface area contributed by atoms with Gasteiger partial charge in [0.05, 0.1) is 6.61 Å². The van der Waals surface area contributed by atoms with Gasteiger partial charge in [0.15, 0.2) is 0 Å². The van der Waals surface area contributed by atoms with E-state index in [9.17, 15) is 10.1 Å². The Bertz CT molecular complexity index is 723. The molecule has 0 saturated carbocycles. The fourth-order valence-corrected chi connectivity index (χ4v) is 2.14. The van der Waals surface area contributed by atoms with Gasteiger partial charge >= 0.3 is 0 Å². The van der Waals surface area contributed by atoms with Crippen molar-refractivity contribution in [3.05, 3.63) is 41.1 Å². The predicted molar refractivity (Wildman–Crippen MR) is 81.5 cm³/mol. The zero-order valence-electron chi connectivity index (χ0n) is 12.1. The first kappa shape index (κ1) is 14.8. The van der Waals surface area contributed by atoms with Crippen molar-refractivity contribution >= 4 is 22.9 Å². The molecule has 5 nitrogen and oxygen atoms in total. The number of aryl methyl sites for hydroxylation is 1. The number of aromatic amines is 1. The molecular weight excluding hydrogens is 266 g/mol. The number of hydrogen-bond donors (Lipinski definition) is 2. The van der Waals surface area contributed by atoms with E-state index in [4.69, 9.17) is 4.74 Å². The number of amides is 1. The molecule has 0 atom stereocenters. The number of ether oxygens (including phenoxy) is 1. The van der Waals surface area contributed by atoms with Crippen LogP contribution in [0.3, 0.4) is 0 Å². The van der Waals surface area contributed by atoms with E-state index in [1.54, 1.807) is 13.2 Å². The molecule has 0 bridgehead atoms. The van der Waals surface area contributed by atoms with E-state index < -0.39 is 0 Å². The maximum atomic E-state index is 12.0. The number of methoxy groups -OCH3 is 1. The second kappa shape index (κ2) is 6.73. The quantitative estimate of drug-likeness (QED) is 0.501. The third kappa shape index (κ3) is 3.30. The molecule has 1 amide bonds. The van der Waals surface area contributed by atoms with Crippen molar-refractivity contribution in [2.24, 2.45) is 0 Å². The minimum atomic E-state index is -0.390. The van der Waals surface area contributed by atoms with E-state index in [0.29, 0.717) is 13.2 Å². The summed E-state index contributed by atoms with van der Waals surface area (Å²) in [5.41, 5.74) is 2.86. The predicted octanol–water partition coefficient (Wildman–Crippen LogP) is 2.15. The molecule has 1 aromatic carbocycles. The molecule has 0 aliphatic rings. The first-order valence-corrected chi connectivity index (χ1v) is 6.63. The summed E-state index contributed by atoms with van der Waals surface area (Å²) in [5.74, 6) is -0.390. The zero-order valence-corrected chi connectivity index (χ0v) is 12.1. The lowest BCUT2D eigenvalue weighted by molar-refractivity contribution is -0.117. The highest BCUT2D eigenvalue weighted by molar-refractivity contribution is 6.04. The van der Waals surface area contributed by atoms with Crippen molar-refractivity contribution in [2.45, 2.75) is 6.92 Å². The average Bonchev–Trinajstić information content (AvgIpc) is 2.80. The Morgan fingerprint density at radius 3 is 2.95 bits per heavy atom. The second-order valence-electron chi connectivity index (χ2n) is 4.63. The molecule has 0 unspecified atom stereocenters. The number of nitrogens with zero attached hydrogens (tertiary/aromatic N) is 1. The normalized spacial score (nSPS) is 11.4. The Morgan fingerprint density at radius 1 is 1.48 bits per heavy atom. The number of H-pyrrole nitrogens is 1. The number of hydrogen-bond acceptors (Lipinski definition) is 3. The Kier molecular flexibility index (Phi) is 4.75. The average molecular weight is 283 g/mol. The minimum Gasteiger partial charge on any atom is -0.383 e. The molecule has 2 aromatic rings. The molecule has 5 heteroatoms. The van der Waals surface area contributed by atoms with E-state index in [1.165, 1.54) is 0 Å². The smallest absolute Gasteiger partial charge is 0.262 e. The van der Waals surface area contributed by atoms with Gasteiger partial charge in [-0.05, 0) is 19.1 Å². The number of carbonyl (C=O) groups is 1. The highest BCUT2D eigenvalue weighted by Gasteiger charge is 2.12. The van der Waals surface area contributed by atoms with Crippen LogP contribution in [0.4, 0.5) is 0 Å². The number of carbonyl (C=O) groups excluding carboxylic acids is 1. The largest absolute Gasteiger partial charge is 0.383 e. The Morgan fingerprint density at radius 2 is 2.24 bits per heavy atom. The molecule has 108 valence electrons. The summed E-state index contributed by atoms with van der Waals surface area (Å²) >= 11 is 0. The topological polar surface area (TPSA) is 77.9 Å². The van der Waals surface area contributed by atoms with Crippen molar-refractivity contribution in [1.29, 1.82) is 5.26 Å². The molecule has 21 heavy (non-hydrogen) atoms. The van der Waals surface area contributed by atoms with E-state index in [1.807, 2.05) is 37.3 Å². The van der Waals surface area contributed by atoms with Crippen LogP contribution < -0.4 is 5.32 Å². The van der Waals surface area contributed by atoms with Crippen LogP contribution >= 0.6 is 0 Å². The van der Waals surface area contributed by atoms with Crippen LogP contribution in [-0.2, 0) is 9.53 Å². The summed E-state index contributed by atoms with van der Waals surface area (Å²) in [4.78, 5) is 15.2. The van der Waals surface area contributed by atoms with Crippen molar-refractivity contribution in [3.8, 4) is 6.07 Å². The second-order valence-corrected chi connectivity index (χ2v) is 4.63. The monoisotopic (exact) mass is 283 g/mol. The van der Waals surface area contributed by atoms with Gasteiger partial charge in [0.2, 0.25) is 0 Å². The number of nitriles is 1. The van der Waals surface area contributed by atoms with Gasteiger partial charge in [0.25, 0.3) is 5.91 Å². The van der Waals surface area contributed by atoms with Crippen LogP contribution in [0.5, 0.6) is 0 Å². The summed E-state index contributed by atoms with van der Waals surface area (Å²) in [6.45, 7) is 2.71. The molecule has 0 aliphatic heterocycles.